The molecule has 70 valence electrons. The van der Waals surface area contributed by atoms with Crippen LogP contribution in [-0.4, -0.2) is 31.0 Å². The summed E-state index contributed by atoms with van der Waals surface area (Å²) < 4.78 is 62.4. The van der Waals surface area contributed by atoms with Crippen LogP contribution in [0.5, 0.6) is 0 Å². The van der Waals surface area contributed by atoms with Crippen molar-refractivity contribution in [3.8, 4) is 0 Å². The van der Waals surface area contributed by atoms with Gasteiger partial charge in [-0.05, 0) is 18.6 Å². The van der Waals surface area contributed by atoms with Gasteiger partial charge in [-0.15, -0.1) is 0 Å². The first-order valence-corrected chi connectivity index (χ1v) is 3.85. The first-order valence-electron chi connectivity index (χ1n) is 7.85. The van der Waals surface area contributed by atoms with Crippen molar-refractivity contribution in [2.24, 2.45) is 0 Å². The largest absolute Gasteiger partial charge is 0.354 e. The van der Waals surface area contributed by atoms with Crippen molar-refractivity contribution in [1.82, 2.24) is 10.3 Å². The lowest BCUT2D eigenvalue weighted by atomic mass is 10.3. The number of aromatic nitrogens is 1. The third kappa shape index (κ3) is 1.98. The standard InChI is InChI=1S/C10H15N3/c1-9-2-3-10(12-8-9)13-6-4-11-5-7-13/h2-3,8,11H,4-7H2,1H3/i4D2,5D2,6D2,7D2. The minimum absolute atomic E-state index is 0.176. The Morgan fingerprint density at radius 2 is 2.23 bits per heavy atom. The summed E-state index contributed by atoms with van der Waals surface area (Å²) in [5.41, 5.74) is 0.765. The van der Waals surface area contributed by atoms with Crippen LogP contribution in [-0.2, 0) is 0 Å². The van der Waals surface area contributed by atoms with Crippen molar-refractivity contribution in [3.63, 3.8) is 0 Å². The molecule has 1 aliphatic heterocycles. The van der Waals surface area contributed by atoms with Crippen molar-refractivity contribution in [3.05, 3.63) is 23.9 Å². The molecule has 0 spiro atoms. The normalized spacial score (nSPS) is 42.1. The summed E-state index contributed by atoms with van der Waals surface area (Å²) in [5.74, 6) is -0.176. The van der Waals surface area contributed by atoms with Gasteiger partial charge in [0.05, 0.1) is 5.48 Å². The zero-order valence-corrected chi connectivity index (χ0v) is 7.13. The Balaban J connectivity index is 2.64. The molecule has 2 rings (SSSR count). The van der Waals surface area contributed by atoms with Crippen molar-refractivity contribution in [1.29, 1.82) is 0 Å². The Labute approximate surface area is 90.0 Å². The fourth-order valence-electron chi connectivity index (χ4n) is 0.934. The Morgan fingerprint density at radius 3 is 2.85 bits per heavy atom. The summed E-state index contributed by atoms with van der Waals surface area (Å²) in [7, 11) is 0. The van der Waals surface area contributed by atoms with Gasteiger partial charge < -0.3 is 10.2 Å². The lowest BCUT2D eigenvalue weighted by molar-refractivity contribution is 0.585. The lowest BCUT2D eigenvalue weighted by Gasteiger charge is -2.28. The molecule has 1 aromatic heterocycles. The van der Waals surface area contributed by atoms with Crippen LogP contribution in [0.25, 0.3) is 0 Å². The summed E-state index contributed by atoms with van der Waals surface area (Å²) >= 11 is 0. The molecule has 0 amide bonds. The zero-order chi connectivity index (χ0) is 16.3. The van der Waals surface area contributed by atoms with E-state index in [0.717, 1.165) is 5.56 Å². The summed E-state index contributed by atoms with van der Waals surface area (Å²) in [4.78, 5) is 4.32. The van der Waals surface area contributed by atoms with Crippen LogP contribution in [0, 0.1) is 6.92 Å². The van der Waals surface area contributed by atoms with Gasteiger partial charge in [0.25, 0.3) is 0 Å². The maximum atomic E-state index is 7.92. The number of aryl methyl sites for hydroxylation is 1. The molecule has 0 aromatic carbocycles. The average Bonchev–Trinajstić information content (AvgIpc) is 2.28. The number of rotatable bonds is 1. The van der Waals surface area contributed by atoms with E-state index in [4.69, 9.17) is 11.0 Å². The third-order valence-corrected chi connectivity index (χ3v) is 1.59. The van der Waals surface area contributed by atoms with E-state index in [1.165, 1.54) is 12.3 Å². The van der Waals surface area contributed by atoms with Crippen molar-refractivity contribution >= 4 is 5.82 Å². The number of nitrogens with one attached hydrogen (secondary N) is 1. The number of anilines is 1. The molecule has 1 saturated heterocycles. The molecule has 0 aliphatic carbocycles. The molecule has 1 N–H and O–H groups in total. The second-order valence-corrected chi connectivity index (χ2v) is 2.63. The van der Waals surface area contributed by atoms with Crippen LogP contribution in [0.2, 0.25) is 0 Å². The Morgan fingerprint density at radius 1 is 1.46 bits per heavy atom. The predicted octanol–water partition coefficient (Wildman–Crippen LogP) is 0.800. The van der Waals surface area contributed by atoms with E-state index >= 15 is 0 Å². The van der Waals surface area contributed by atoms with Gasteiger partial charge in [0, 0.05) is 37.7 Å². The highest BCUT2D eigenvalue weighted by Crippen LogP contribution is 2.10. The predicted molar refractivity (Wildman–Crippen MR) is 54.1 cm³/mol. The van der Waals surface area contributed by atoms with Crippen LogP contribution >= 0.6 is 0 Å². The molecule has 2 heterocycles. The minimum atomic E-state index is -2.84. The van der Waals surface area contributed by atoms with Gasteiger partial charge in [-0.25, -0.2) is 4.98 Å². The molecule has 3 heteroatoms. The molecule has 0 atom stereocenters. The van der Waals surface area contributed by atoms with Gasteiger partial charge in [-0.1, -0.05) is 6.07 Å². The van der Waals surface area contributed by atoms with Crippen molar-refractivity contribution < 1.29 is 11.0 Å². The Hall–Kier alpha value is -1.09. The molecule has 1 aromatic rings. The Bertz CT molecular complexity index is 516. The van der Waals surface area contributed by atoms with Crippen LogP contribution in [0.4, 0.5) is 5.82 Å². The molecule has 0 unspecified atom stereocenters. The SMILES string of the molecule is [2H]C1([2H])NC([2H])([2H])C([2H])([2H])N(c2ccc(C)cn2)C1([2H])[2H]. The molecular formula is C10H15N3. The van der Waals surface area contributed by atoms with E-state index in [0.29, 0.717) is 4.90 Å². The molecule has 0 saturated carbocycles. The van der Waals surface area contributed by atoms with E-state index in [9.17, 15) is 0 Å². The monoisotopic (exact) mass is 185 g/mol. The minimum Gasteiger partial charge on any atom is -0.354 e. The zero-order valence-electron chi connectivity index (χ0n) is 15.1. The number of pyridine rings is 1. The fourth-order valence-corrected chi connectivity index (χ4v) is 0.934. The molecule has 3 nitrogen and oxygen atoms in total. The first-order chi connectivity index (χ1) is 9.33. The summed E-state index contributed by atoms with van der Waals surface area (Å²) in [6.07, 6.45) is 1.38. The van der Waals surface area contributed by atoms with E-state index in [-0.39, 0.29) is 5.82 Å². The van der Waals surface area contributed by atoms with Crippen LogP contribution < -0.4 is 10.2 Å². The number of hydrogen-bond acceptors (Lipinski definition) is 3. The van der Waals surface area contributed by atoms with Gasteiger partial charge in [0.15, 0.2) is 0 Å². The van der Waals surface area contributed by atoms with E-state index in [1.807, 2.05) is 0 Å². The highest BCUT2D eigenvalue weighted by molar-refractivity contribution is 5.39. The molecule has 0 radical (unpaired) electrons. The van der Waals surface area contributed by atoms with Gasteiger partial charge in [0.2, 0.25) is 0 Å². The average molecular weight is 185 g/mol. The molecule has 0 bridgehead atoms. The van der Waals surface area contributed by atoms with Gasteiger partial charge >= 0.3 is 0 Å². The first kappa shape index (κ1) is 3.24. The fraction of sp³-hybridized carbons (Fsp3) is 0.500. The number of hydrogen-bond donors (Lipinski definition) is 1. The highest BCUT2D eigenvalue weighted by atomic mass is 15.2. The van der Waals surface area contributed by atoms with Crippen LogP contribution in [0.1, 0.15) is 16.5 Å². The maximum Gasteiger partial charge on any atom is 0.128 e. The quantitative estimate of drug-likeness (QED) is 0.701. The van der Waals surface area contributed by atoms with Crippen LogP contribution in [0.15, 0.2) is 18.3 Å². The number of piperazine rings is 1. The summed E-state index contributed by atoms with van der Waals surface area (Å²) in [5, 5.41) is 1.77. The summed E-state index contributed by atoms with van der Waals surface area (Å²) in [6, 6.07) is 2.91. The van der Waals surface area contributed by atoms with Gasteiger partial charge in [-0.2, -0.15) is 0 Å². The third-order valence-electron chi connectivity index (χ3n) is 1.59. The smallest absolute Gasteiger partial charge is 0.128 e. The molecule has 1 aliphatic rings. The molecule has 13 heavy (non-hydrogen) atoms. The molecular weight excluding hydrogens is 162 g/mol. The van der Waals surface area contributed by atoms with Gasteiger partial charge in [-0.3, -0.25) is 0 Å². The van der Waals surface area contributed by atoms with Crippen molar-refractivity contribution in [2.45, 2.75) is 6.92 Å². The maximum absolute atomic E-state index is 7.92. The van der Waals surface area contributed by atoms with E-state index < -0.39 is 26.0 Å². The topological polar surface area (TPSA) is 28.2 Å². The number of nitrogens with zero attached hydrogens (tertiary/aromatic N) is 2. The summed E-state index contributed by atoms with van der Waals surface area (Å²) in [6.45, 7) is -9.56. The highest BCUT2D eigenvalue weighted by Gasteiger charge is 2.10. The van der Waals surface area contributed by atoms with Crippen LogP contribution in [0.3, 0.4) is 0 Å². The lowest BCUT2D eigenvalue weighted by Crippen LogP contribution is -2.43. The molecule has 1 fully saturated rings. The second kappa shape index (κ2) is 3.75. The second-order valence-electron chi connectivity index (χ2n) is 2.63. The van der Waals surface area contributed by atoms with E-state index in [2.05, 4.69) is 4.98 Å². The van der Waals surface area contributed by atoms with Gasteiger partial charge in [0.1, 0.15) is 5.82 Å². The van der Waals surface area contributed by atoms with Crippen molar-refractivity contribution in [2.75, 3.05) is 30.9 Å². The Kier molecular flexibility index (Phi) is 0.935. The van der Waals surface area contributed by atoms with E-state index in [1.54, 1.807) is 18.3 Å².